The van der Waals surface area contributed by atoms with Gasteiger partial charge in [0.05, 0.1) is 36.1 Å². The van der Waals surface area contributed by atoms with E-state index in [9.17, 15) is 23.9 Å². The molecule has 2 heterocycles. The van der Waals surface area contributed by atoms with E-state index in [2.05, 4.69) is 57.6 Å². The van der Waals surface area contributed by atoms with E-state index in [1.54, 1.807) is 11.0 Å². The Morgan fingerprint density at radius 2 is 1.72 bits per heavy atom. The summed E-state index contributed by atoms with van der Waals surface area (Å²) in [7, 11) is 0. The maximum atomic E-state index is 14.6. The molecule has 3 aliphatic rings. The van der Waals surface area contributed by atoms with Gasteiger partial charge in [0.2, 0.25) is 5.91 Å². The zero-order valence-electron chi connectivity index (χ0n) is 27.9. The van der Waals surface area contributed by atoms with E-state index in [0.717, 1.165) is 48.8 Å². The quantitative estimate of drug-likeness (QED) is 0.179. The number of benzene rings is 3. The fraction of sp³-hybridized carbons (Fsp3) is 0.410. The molecule has 3 atom stereocenters. The molecule has 264 valence electrons. The number of carbonyl (C=O) groups is 3. The Balaban J connectivity index is 1.21. The van der Waals surface area contributed by atoms with Gasteiger partial charge in [-0.25, -0.2) is 4.39 Å². The number of aliphatic carboxylic acids is 1. The fourth-order valence-corrected chi connectivity index (χ4v) is 7.34. The average Bonchev–Trinajstić information content (AvgIpc) is 3.93. The van der Waals surface area contributed by atoms with Gasteiger partial charge < -0.3 is 30.1 Å². The van der Waals surface area contributed by atoms with Gasteiger partial charge >= 0.3 is 5.97 Å². The van der Waals surface area contributed by atoms with Crippen LogP contribution in [0.25, 0.3) is 5.57 Å². The molecule has 1 saturated heterocycles. The summed E-state index contributed by atoms with van der Waals surface area (Å²) in [5.74, 6) is -1.36. The van der Waals surface area contributed by atoms with E-state index in [-0.39, 0.29) is 42.7 Å². The van der Waals surface area contributed by atoms with Gasteiger partial charge in [-0.3, -0.25) is 14.4 Å². The number of piperazine rings is 1. The molecule has 2 aliphatic heterocycles. The number of hydrogen-bond donors (Lipinski definition) is 3. The number of amides is 2. The first-order valence-corrected chi connectivity index (χ1v) is 18.1. The predicted octanol–water partition coefficient (Wildman–Crippen LogP) is 5.39. The van der Waals surface area contributed by atoms with Gasteiger partial charge in [0.1, 0.15) is 11.6 Å². The van der Waals surface area contributed by atoms with Crippen LogP contribution in [0.4, 0.5) is 4.39 Å². The minimum atomic E-state index is -1.27. The number of carbonyl (C=O) groups excluding carboxylic acids is 2. The topological polar surface area (TPSA) is 119 Å². The van der Waals surface area contributed by atoms with Crippen LogP contribution in [0.2, 0.25) is 0 Å². The van der Waals surface area contributed by atoms with Gasteiger partial charge in [-0.15, -0.1) is 0 Å². The average molecular weight is 749 g/mol. The lowest BCUT2D eigenvalue weighted by molar-refractivity contribution is -0.141. The minimum absolute atomic E-state index is 0.0145. The SMILES string of the molecule is O=C(O)C[C@H](O)CC(=O)N1C[C@H]2CC(c3ccc(CCCOc4cc(F)ccc4Br)cc3)=C(C(=O)N(CCc3ccccc3)C3CC3)[C@@H](C1)N2. The zero-order valence-corrected chi connectivity index (χ0v) is 29.5. The van der Waals surface area contributed by atoms with Gasteiger partial charge in [0, 0.05) is 43.4 Å². The van der Waals surface area contributed by atoms with Crippen molar-refractivity contribution < 1.29 is 33.7 Å². The van der Waals surface area contributed by atoms with Crippen molar-refractivity contribution in [1.82, 2.24) is 15.1 Å². The number of hydrogen-bond acceptors (Lipinski definition) is 6. The van der Waals surface area contributed by atoms with Crippen LogP contribution in [0.1, 0.15) is 55.2 Å². The Morgan fingerprint density at radius 1 is 0.980 bits per heavy atom. The molecule has 0 radical (unpaired) electrons. The van der Waals surface area contributed by atoms with Crippen LogP contribution in [0.5, 0.6) is 5.75 Å². The first-order valence-electron chi connectivity index (χ1n) is 17.3. The summed E-state index contributed by atoms with van der Waals surface area (Å²) in [5, 5.41) is 22.8. The van der Waals surface area contributed by atoms with E-state index < -0.39 is 24.5 Å². The Bertz CT molecular complexity index is 1710. The molecule has 1 saturated carbocycles. The highest BCUT2D eigenvalue weighted by Crippen LogP contribution is 2.37. The predicted molar refractivity (Wildman–Crippen MR) is 191 cm³/mol. The molecule has 0 spiro atoms. The van der Waals surface area contributed by atoms with Crippen molar-refractivity contribution in [3.63, 3.8) is 0 Å². The van der Waals surface area contributed by atoms with Gasteiger partial charge in [-0.05, 0) is 88.9 Å². The van der Waals surface area contributed by atoms with Crippen LogP contribution >= 0.6 is 15.9 Å². The van der Waals surface area contributed by atoms with Crippen LogP contribution in [-0.4, -0.2) is 88.3 Å². The summed E-state index contributed by atoms with van der Waals surface area (Å²) in [6.07, 6.45) is 2.69. The normalized spacial score (nSPS) is 19.2. The molecule has 0 aromatic heterocycles. The summed E-state index contributed by atoms with van der Waals surface area (Å²) >= 11 is 3.40. The number of halogens is 2. The van der Waals surface area contributed by atoms with Crippen molar-refractivity contribution in [2.45, 2.75) is 75.6 Å². The van der Waals surface area contributed by atoms with Gasteiger partial charge in [-0.1, -0.05) is 54.6 Å². The summed E-state index contributed by atoms with van der Waals surface area (Å²) in [4.78, 5) is 42.6. The van der Waals surface area contributed by atoms with Crippen LogP contribution in [0, 0.1) is 5.82 Å². The molecule has 3 N–H and O–H groups in total. The van der Waals surface area contributed by atoms with Crippen LogP contribution in [0.3, 0.4) is 0 Å². The number of carboxylic acids is 1. The molecular formula is C39H43BrFN3O6. The number of aryl methyl sites for hydroxylation is 1. The highest BCUT2D eigenvalue weighted by Gasteiger charge is 2.43. The first-order chi connectivity index (χ1) is 24.1. The lowest BCUT2D eigenvalue weighted by atomic mass is 9.82. The third-order valence-electron chi connectivity index (χ3n) is 9.60. The van der Waals surface area contributed by atoms with Crippen molar-refractivity contribution >= 4 is 39.3 Å². The van der Waals surface area contributed by atoms with Gasteiger partial charge in [-0.2, -0.15) is 0 Å². The summed E-state index contributed by atoms with van der Waals surface area (Å²) in [6, 6.07) is 22.5. The molecule has 50 heavy (non-hydrogen) atoms. The number of aliphatic hydroxyl groups is 1. The van der Waals surface area contributed by atoms with Crippen molar-refractivity contribution in [3.8, 4) is 5.75 Å². The number of nitrogens with one attached hydrogen (secondary N) is 1. The summed E-state index contributed by atoms with van der Waals surface area (Å²) in [6.45, 7) is 1.69. The molecule has 3 aromatic carbocycles. The number of ether oxygens (including phenoxy) is 1. The second kappa shape index (κ2) is 16.3. The monoisotopic (exact) mass is 747 g/mol. The van der Waals surface area contributed by atoms with E-state index in [0.29, 0.717) is 41.9 Å². The smallest absolute Gasteiger partial charge is 0.305 e. The number of aliphatic hydroxyl groups excluding tert-OH is 1. The van der Waals surface area contributed by atoms with Crippen LogP contribution in [-0.2, 0) is 27.2 Å². The van der Waals surface area contributed by atoms with Crippen LogP contribution in [0.15, 0.2) is 82.8 Å². The number of carboxylic acid groups (broad SMARTS) is 1. The second-order valence-electron chi connectivity index (χ2n) is 13.5. The van der Waals surface area contributed by atoms with Crippen LogP contribution < -0.4 is 10.1 Å². The van der Waals surface area contributed by atoms with Crippen molar-refractivity contribution in [2.75, 3.05) is 26.2 Å². The van der Waals surface area contributed by atoms with E-state index in [1.807, 2.05) is 23.1 Å². The fourth-order valence-electron chi connectivity index (χ4n) is 6.98. The molecule has 0 unspecified atom stereocenters. The maximum absolute atomic E-state index is 14.6. The lowest BCUT2D eigenvalue weighted by Crippen LogP contribution is -2.62. The molecule has 1 aliphatic carbocycles. The largest absolute Gasteiger partial charge is 0.492 e. The maximum Gasteiger partial charge on any atom is 0.305 e. The van der Waals surface area contributed by atoms with Crippen molar-refractivity contribution in [3.05, 3.63) is 105 Å². The molecule has 11 heteroatoms. The van der Waals surface area contributed by atoms with E-state index >= 15 is 0 Å². The van der Waals surface area contributed by atoms with Crippen molar-refractivity contribution in [2.24, 2.45) is 0 Å². The Labute approximate surface area is 300 Å². The van der Waals surface area contributed by atoms with Crippen molar-refractivity contribution in [1.29, 1.82) is 0 Å². The highest BCUT2D eigenvalue weighted by atomic mass is 79.9. The van der Waals surface area contributed by atoms with E-state index in [1.165, 1.54) is 17.7 Å². The second-order valence-corrected chi connectivity index (χ2v) is 14.3. The standard InChI is InChI=1S/C39H43BrFN3O6/c40-33-15-12-28(41)19-35(33)50-18-4-7-26-8-10-27(11-9-26)32-20-29-23-43(36(46)21-31(45)22-37(47)48)24-34(42-29)38(32)39(49)44(30-13-14-30)17-16-25-5-2-1-3-6-25/h1-3,5-6,8-12,15,19,29-31,34,42,45H,4,7,13-14,16-18,20-24H2,(H,47,48)/t29-,31-,34-/m1/s1. The van der Waals surface area contributed by atoms with Gasteiger partial charge in [0.25, 0.3) is 5.91 Å². The Morgan fingerprint density at radius 3 is 2.44 bits per heavy atom. The van der Waals surface area contributed by atoms with E-state index in [4.69, 9.17) is 9.84 Å². The molecule has 3 aromatic rings. The third kappa shape index (κ3) is 9.18. The lowest BCUT2D eigenvalue weighted by Gasteiger charge is -2.45. The molecule has 2 fully saturated rings. The summed E-state index contributed by atoms with van der Waals surface area (Å²) < 4.78 is 20.1. The third-order valence-corrected chi connectivity index (χ3v) is 10.3. The molecule has 2 amide bonds. The highest BCUT2D eigenvalue weighted by molar-refractivity contribution is 9.10. The number of nitrogens with zero attached hydrogens (tertiary/aromatic N) is 2. The Hall–Kier alpha value is -4.06. The molecule has 9 nitrogen and oxygen atoms in total. The molecule has 6 rings (SSSR count). The number of fused-ring (bicyclic) bond motifs is 2. The zero-order chi connectivity index (χ0) is 35.2. The minimum Gasteiger partial charge on any atom is -0.492 e. The summed E-state index contributed by atoms with van der Waals surface area (Å²) in [5.41, 5.74) is 4.92. The van der Waals surface area contributed by atoms with Gasteiger partial charge in [0.15, 0.2) is 0 Å². The molecular weight excluding hydrogens is 705 g/mol. The molecule has 2 bridgehead atoms. The Kier molecular flexibility index (Phi) is 11.7. The first kappa shape index (κ1) is 35.8. The number of rotatable bonds is 15.